The van der Waals surface area contributed by atoms with Crippen molar-refractivity contribution in [1.29, 1.82) is 0 Å². The predicted octanol–water partition coefficient (Wildman–Crippen LogP) is 5.07. The number of unbranched alkanes of at least 4 members (excludes halogenated alkanes) is 1. The van der Waals surface area contributed by atoms with Crippen LogP contribution in [0.25, 0.3) is 33.9 Å². The summed E-state index contributed by atoms with van der Waals surface area (Å²) in [5.74, 6) is 1.58. The van der Waals surface area contributed by atoms with Gasteiger partial charge in [-0.25, -0.2) is 38.6 Å². The Bertz CT molecular complexity index is 3790. The molecule has 0 saturated heterocycles. The van der Waals surface area contributed by atoms with Crippen molar-refractivity contribution in [2.75, 3.05) is 0 Å². The fraction of sp³-hybridized carbons (Fsp3) is 0.413. The van der Waals surface area contributed by atoms with Crippen LogP contribution in [-0.4, -0.2) is 88.4 Å². The number of aromatic amines is 2. The first-order chi connectivity index (χ1) is 34.2. The van der Waals surface area contributed by atoms with Gasteiger partial charge >= 0.3 is 17.3 Å². The quantitative estimate of drug-likeness (QED) is 0.0841. The van der Waals surface area contributed by atoms with Gasteiger partial charge in [-0.3, -0.25) is 33.5 Å². The molecule has 9 rings (SSSR count). The van der Waals surface area contributed by atoms with Crippen LogP contribution in [-0.2, 0) is 68.2 Å². The molecule has 71 heavy (non-hydrogen) atoms. The molecule has 0 aliphatic rings. The van der Waals surface area contributed by atoms with E-state index in [9.17, 15) is 29.1 Å². The molecule has 0 spiro atoms. The number of thioether (sulfide) groups is 2. The van der Waals surface area contributed by atoms with E-state index in [1.54, 1.807) is 30.3 Å². The summed E-state index contributed by atoms with van der Waals surface area (Å²) in [7, 11) is 0. The molecule has 3 N–H and O–H groups in total. The van der Waals surface area contributed by atoms with Crippen LogP contribution < -0.4 is 22.5 Å². The maximum atomic E-state index is 13.7. The zero-order valence-electron chi connectivity index (χ0n) is 39.9. The molecule has 0 bridgehead atoms. The Balaban J connectivity index is 1.01. The van der Waals surface area contributed by atoms with Crippen molar-refractivity contribution in [3.8, 4) is 0 Å². The number of imidazole rings is 2. The number of carbonyl (C=O) groups is 1. The Hall–Kier alpha value is -6.92. The number of hydrogen-bond donors (Lipinski definition) is 3. The average molecular weight is 1020 g/mol. The maximum Gasteiger partial charge on any atom is 0.330 e. The number of benzene rings is 1. The van der Waals surface area contributed by atoms with Crippen molar-refractivity contribution in [1.82, 2.24) is 77.4 Å². The molecule has 8 heterocycles. The van der Waals surface area contributed by atoms with Crippen LogP contribution in [0.3, 0.4) is 0 Å². The number of aliphatic carboxylic acids is 1. The molecule has 25 heteroatoms. The van der Waals surface area contributed by atoms with Crippen LogP contribution in [0.5, 0.6) is 0 Å². The van der Waals surface area contributed by atoms with Crippen molar-refractivity contribution in [3.05, 3.63) is 122 Å². The van der Waals surface area contributed by atoms with Gasteiger partial charge in [0.25, 0.3) is 22.7 Å². The third kappa shape index (κ3) is 9.66. The fourth-order valence-corrected chi connectivity index (χ4v) is 10.5. The molecule has 0 unspecified atom stereocenters. The normalized spacial score (nSPS) is 11.9. The molecular weight excluding hydrogens is 972 g/mol. The van der Waals surface area contributed by atoms with E-state index in [1.165, 1.54) is 32.7 Å². The highest BCUT2D eigenvalue weighted by molar-refractivity contribution is 7.98. The van der Waals surface area contributed by atoms with Crippen molar-refractivity contribution in [2.45, 2.75) is 134 Å². The lowest BCUT2D eigenvalue weighted by Gasteiger charge is -2.12. The van der Waals surface area contributed by atoms with E-state index in [0.29, 0.717) is 87.9 Å². The summed E-state index contributed by atoms with van der Waals surface area (Å²) in [6.07, 6.45) is 3.61. The molecular formula is C46H51ClN16O6S2. The maximum absolute atomic E-state index is 13.7. The number of rotatable bonds is 20. The van der Waals surface area contributed by atoms with E-state index < -0.39 is 28.5 Å². The standard InChI is InChI=1S/C46H51ClN16O6S2/c1-7-11-17-60-37-36(40(67)52-45(60)68)59(33(51-37)23-71-43-54-41-48-24(5)30(13-15-34(64)65)25(6)62(41)56-43)18-16-27-19-26(12-14-31(27)47)21-61-38-35(39(66)53-46(61)69)58(10-4)32(50-38)22-70-44-55-42-49-28(8-2)20-29(9-3)63(42)57-44/h12,14,19-20H,7-11,13,15-18,21-23H2,1-6H3,(H,64,65)(H,52,67,68)(H,53,66,69). The van der Waals surface area contributed by atoms with Crippen LogP contribution in [0.1, 0.15) is 98.1 Å². The van der Waals surface area contributed by atoms with Gasteiger partial charge in [0.2, 0.25) is 10.3 Å². The van der Waals surface area contributed by atoms with E-state index in [0.717, 1.165) is 47.5 Å². The summed E-state index contributed by atoms with van der Waals surface area (Å²) in [6, 6.07) is 7.47. The fourth-order valence-electron chi connectivity index (χ4n) is 8.80. The number of nitrogens with zero attached hydrogens (tertiary/aromatic N) is 14. The Kier molecular flexibility index (Phi) is 14.1. The second kappa shape index (κ2) is 20.4. The Labute approximate surface area is 417 Å². The number of hydrogen-bond acceptors (Lipinski definition) is 15. The number of carboxylic acids is 1. The number of halogens is 1. The van der Waals surface area contributed by atoms with Crippen LogP contribution in [0, 0.1) is 13.8 Å². The highest BCUT2D eigenvalue weighted by Gasteiger charge is 2.23. The average Bonchev–Trinajstić information content (AvgIpc) is 4.14. The minimum Gasteiger partial charge on any atom is -0.481 e. The first-order valence-electron chi connectivity index (χ1n) is 23.4. The number of aromatic nitrogens is 16. The Morgan fingerprint density at radius 1 is 0.718 bits per heavy atom. The zero-order valence-corrected chi connectivity index (χ0v) is 42.3. The van der Waals surface area contributed by atoms with Gasteiger partial charge in [-0.2, -0.15) is 9.97 Å². The van der Waals surface area contributed by atoms with Crippen molar-refractivity contribution < 1.29 is 9.90 Å². The molecule has 0 aliphatic carbocycles. The summed E-state index contributed by atoms with van der Waals surface area (Å²) in [4.78, 5) is 98.5. The molecule has 370 valence electrons. The van der Waals surface area contributed by atoms with Crippen molar-refractivity contribution in [3.63, 3.8) is 0 Å². The highest BCUT2D eigenvalue weighted by atomic mass is 35.5. The molecule has 0 fully saturated rings. The van der Waals surface area contributed by atoms with Crippen LogP contribution in [0.4, 0.5) is 0 Å². The largest absolute Gasteiger partial charge is 0.481 e. The van der Waals surface area contributed by atoms with Crippen molar-refractivity contribution in [2.24, 2.45) is 0 Å². The van der Waals surface area contributed by atoms with E-state index >= 15 is 0 Å². The summed E-state index contributed by atoms with van der Waals surface area (Å²) < 4.78 is 9.86. The Morgan fingerprint density at radius 2 is 1.35 bits per heavy atom. The van der Waals surface area contributed by atoms with E-state index in [-0.39, 0.29) is 47.6 Å². The molecule has 0 amide bonds. The number of aryl methyl sites for hydroxylation is 8. The molecule has 0 saturated carbocycles. The van der Waals surface area contributed by atoms with Crippen LogP contribution in [0.15, 0.2) is 53.8 Å². The predicted molar refractivity (Wildman–Crippen MR) is 269 cm³/mol. The van der Waals surface area contributed by atoms with Crippen LogP contribution in [0.2, 0.25) is 5.02 Å². The molecule has 8 aromatic heterocycles. The third-order valence-electron chi connectivity index (χ3n) is 12.5. The van der Waals surface area contributed by atoms with Gasteiger partial charge in [0.05, 0.1) is 18.1 Å². The highest BCUT2D eigenvalue weighted by Crippen LogP contribution is 2.27. The number of carboxylic acid groups (broad SMARTS) is 1. The summed E-state index contributed by atoms with van der Waals surface area (Å²) >= 11 is 9.51. The summed E-state index contributed by atoms with van der Waals surface area (Å²) in [5.41, 5.74) is 4.26. The number of H-pyrrole nitrogens is 2. The first kappa shape index (κ1) is 49.1. The second-order valence-corrected chi connectivity index (χ2v) is 19.3. The first-order valence-corrected chi connectivity index (χ1v) is 25.7. The Morgan fingerprint density at radius 3 is 2.00 bits per heavy atom. The van der Waals surface area contributed by atoms with Gasteiger partial charge in [-0.05, 0) is 81.7 Å². The number of nitrogens with one attached hydrogen (secondary N) is 2. The topological polar surface area (TPSA) is 269 Å². The van der Waals surface area contributed by atoms with E-state index in [4.69, 9.17) is 26.7 Å². The molecule has 0 atom stereocenters. The van der Waals surface area contributed by atoms with Gasteiger partial charge in [-0.15, -0.1) is 10.2 Å². The van der Waals surface area contributed by atoms with Gasteiger partial charge in [0.1, 0.15) is 11.6 Å². The van der Waals surface area contributed by atoms with Crippen molar-refractivity contribution >= 4 is 75.0 Å². The third-order valence-corrected chi connectivity index (χ3v) is 14.5. The molecule has 0 radical (unpaired) electrons. The van der Waals surface area contributed by atoms with Gasteiger partial charge < -0.3 is 14.2 Å². The zero-order chi connectivity index (χ0) is 50.2. The second-order valence-electron chi connectivity index (χ2n) is 17.0. The summed E-state index contributed by atoms with van der Waals surface area (Å²) in [5, 5.41) is 20.0. The summed E-state index contributed by atoms with van der Waals surface area (Å²) in [6.45, 7) is 12.8. The lowest BCUT2D eigenvalue weighted by Crippen LogP contribution is -2.31. The van der Waals surface area contributed by atoms with Gasteiger partial charge in [-0.1, -0.05) is 74.4 Å². The SMILES string of the molecule is CCCCn1c(=O)[nH]c(=O)c2c1nc(CSc1nc3nc(C)c(CCC(=O)O)c(C)n3n1)n2CCc1cc(Cn2c(=O)[nH]c(=O)c3c2nc(CSc2nc4nc(CC)cc(CC)n4n2)n3CC)ccc1Cl. The van der Waals surface area contributed by atoms with Crippen LogP contribution >= 0.6 is 35.1 Å². The molecule has 22 nitrogen and oxygen atoms in total. The molecule has 9 aromatic rings. The molecule has 1 aromatic carbocycles. The van der Waals surface area contributed by atoms with Gasteiger partial charge in [0, 0.05) is 53.9 Å². The van der Waals surface area contributed by atoms with Gasteiger partial charge in [0.15, 0.2) is 22.3 Å². The van der Waals surface area contributed by atoms with E-state index in [2.05, 4.69) is 41.9 Å². The molecule has 0 aliphatic heterocycles. The van der Waals surface area contributed by atoms with E-state index in [1.807, 2.05) is 46.8 Å². The minimum atomic E-state index is -0.909. The lowest BCUT2D eigenvalue weighted by molar-refractivity contribution is -0.136. The lowest BCUT2D eigenvalue weighted by atomic mass is 10.1. The number of fused-ring (bicyclic) bond motifs is 4. The monoisotopic (exact) mass is 1020 g/mol. The smallest absolute Gasteiger partial charge is 0.330 e. The minimum absolute atomic E-state index is 0.0487.